The van der Waals surface area contributed by atoms with Gasteiger partial charge < -0.3 is 10.1 Å². The molecule has 3 aromatic carbocycles. The summed E-state index contributed by atoms with van der Waals surface area (Å²) in [6.45, 7) is 2.72. The molecule has 1 unspecified atom stereocenters. The van der Waals surface area contributed by atoms with Gasteiger partial charge in [-0.2, -0.15) is 0 Å². The minimum Gasteiger partial charge on any atom is -0.383 e. The summed E-state index contributed by atoms with van der Waals surface area (Å²) in [4.78, 5) is 32.7. The largest absolute Gasteiger partial charge is 0.383 e. The number of benzene rings is 3. The van der Waals surface area contributed by atoms with Gasteiger partial charge >= 0.3 is 0 Å². The number of hydrogen-bond donors (Lipinski definition) is 1. The molecule has 1 N–H and O–H groups in total. The highest BCUT2D eigenvalue weighted by Gasteiger charge is 2.40. The van der Waals surface area contributed by atoms with Crippen molar-refractivity contribution in [1.29, 1.82) is 0 Å². The van der Waals surface area contributed by atoms with Crippen molar-refractivity contribution in [3.63, 3.8) is 0 Å². The van der Waals surface area contributed by atoms with Gasteiger partial charge in [-0.1, -0.05) is 42.5 Å². The lowest BCUT2D eigenvalue weighted by atomic mass is 9.95. The maximum atomic E-state index is 14.3. The molecular formula is C28H24FN3O3. The Hall–Kier alpha value is -4.10. The molecule has 2 heterocycles. The molecule has 1 aliphatic heterocycles. The first-order valence-corrected chi connectivity index (χ1v) is 11.4. The van der Waals surface area contributed by atoms with E-state index in [2.05, 4.69) is 5.32 Å². The maximum absolute atomic E-state index is 14.3. The average Bonchev–Trinajstić information content (AvgIpc) is 3.14. The highest BCUT2D eigenvalue weighted by Crippen LogP contribution is 2.42. The Balaban J connectivity index is 1.74. The monoisotopic (exact) mass is 469 g/mol. The second kappa shape index (κ2) is 9.27. The highest BCUT2D eigenvalue weighted by atomic mass is 19.1. The molecule has 5 rings (SSSR count). The number of imide groups is 1. The van der Waals surface area contributed by atoms with Crippen LogP contribution in [-0.2, 0) is 4.74 Å². The lowest BCUT2D eigenvalue weighted by Gasteiger charge is -2.27. The van der Waals surface area contributed by atoms with Crippen molar-refractivity contribution in [3.05, 3.63) is 95.4 Å². The van der Waals surface area contributed by atoms with Gasteiger partial charge in [-0.05, 0) is 42.8 Å². The summed E-state index contributed by atoms with van der Waals surface area (Å²) in [6.07, 6.45) is 0. The van der Waals surface area contributed by atoms with Gasteiger partial charge in [0.2, 0.25) is 0 Å². The first kappa shape index (κ1) is 22.7. The topological polar surface area (TPSA) is 71.5 Å². The molecule has 2 amide bonds. The van der Waals surface area contributed by atoms with E-state index in [1.54, 1.807) is 44.4 Å². The predicted octanol–water partition coefficient (Wildman–Crippen LogP) is 5.46. The molecule has 35 heavy (non-hydrogen) atoms. The van der Waals surface area contributed by atoms with E-state index in [-0.39, 0.29) is 17.6 Å². The van der Waals surface area contributed by atoms with Crippen molar-refractivity contribution in [2.45, 2.75) is 13.0 Å². The van der Waals surface area contributed by atoms with Gasteiger partial charge in [0.15, 0.2) is 0 Å². The molecular weight excluding hydrogens is 445 g/mol. The Kier molecular flexibility index (Phi) is 6.01. The number of carbonyl (C=O) groups is 2. The van der Waals surface area contributed by atoms with Crippen LogP contribution >= 0.6 is 0 Å². The van der Waals surface area contributed by atoms with Gasteiger partial charge in [-0.15, -0.1) is 0 Å². The molecule has 0 saturated heterocycles. The van der Waals surface area contributed by atoms with Crippen LogP contribution in [0.25, 0.3) is 22.0 Å². The first-order valence-electron chi connectivity index (χ1n) is 11.4. The molecule has 7 heteroatoms. The lowest BCUT2D eigenvalue weighted by molar-refractivity contribution is 0.0593. The van der Waals surface area contributed by atoms with Gasteiger partial charge in [0.25, 0.3) is 11.8 Å². The normalized spacial score (nSPS) is 13.9. The quantitative estimate of drug-likeness (QED) is 0.288. The fraction of sp³-hybridized carbons (Fsp3) is 0.179. The van der Waals surface area contributed by atoms with E-state index < -0.39 is 6.04 Å². The minimum atomic E-state index is -0.671. The molecule has 1 aromatic heterocycles. The number of halogens is 1. The first-order chi connectivity index (χ1) is 17.0. The molecule has 0 saturated carbocycles. The highest BCUT2D eigenvalue weighted by molar-refractivity contribution is 6.21. The van der Waals surface area contributed by atoms with Crippen molar-refractivity contribution >= 4 is 28.4 Å². The molecule has 1 aliphatic rings. The number of nitrogens with one attached hydrogen (secondary N) is 1. The summed E-state index contributed by atoms with van der Waals surface area (Å²) in [5.41, 5.74) is 4.10. The number of amides is 2. The molecule has 0 fully saturated rings. The smallest absolute Gasteiger partial charge is 0.262 e. The number of pyridine rings is 1. The van der Waals surface area contributed by atoms with Crippen molar-refractivity contribution < 1.29 is 18.7 Å². The van der Waals surface area contributed by atoms with Crippen LogP contribution in [0.4, 0.5) is 10.1 Å². The third-order valence-corrected chi connectivity index (χ3v) is 6.25. The summed E-state index contributed by atoms with van der Waals surface area (Å²) >= 11 is 0. The zero-order valence-corrected chi connectivity index (χ0v) is 19.4. The lowest BCUT2D eigenvalue weighted by Crippen LogP contribution is -2.33. The Labute approximate surface area is 202 Å². The molecule has 4 aromatic rings. The molecule has 0 aliphatic carbocycles. The van der Waals surface area contributed by atoms with Gasteiger partial charge in [-0.3, -0.25) is 14.5 Å². The van der Waals surface area contributed by atoms with E-state index in [0.717, 1.165) is 5.56 Å². The van der Waals surface area contributed by atoms with Crippen LogP contribution in [0.1, 0.15) is 39.4 Å². The predicted molar refractivity (Wildman–Crippen MR) is 133 cm³/mol. The van der Waals surface area contributed by atoms with E-state index in [9.17, 15) is 14.0 Å². The van der Waals surface area contributed by atoms with Crippen LogP contribution in [-0.4, -0.2) is 42.0 Å². The summed E-state index contributed by atoms with van der Waals surface area (Å²) < 4.78 is 19.5. The molecule has 6 nitrogen and oxygen atoms in total. The maximum Gasteiger partial charge on any atom is 0.262 e. The minimum absolute atomic E-state index is 0.355. The molecule has 0 radical (unpaired) electrons. The second-order valence-electron chi connectivity index (χ2n) is 8.40. The third kappa shape index (κ3) is 3.94. The standard InChI is InChI=1S/C28H24FN3O3/c1-17(32-27(33)20-10-6-7-11-21(20)28(32)34)25-24(18-8-4-3-5-9-18)26(30-14-15-35-2)22-16-19(29)12-13-23(22)31-25/h3-13,16-17H,14-15H2,1-2H3,(H,30,31). The van der Waals surface area contributed by atoms with E-state index in [4.69, 9.17) is 9.72 Å². The fourth-order valence-electron chi connectivity index (χ4n) is 4.60. The van der Waals surface area contributed by atoms with E-state index >= 15 is 0 Å². The van der Waals surface area contributed by atoms with Crippen molar-refractivity contribution in [2.24, 2.45) is 0 Å². The second-order valence-corrected chi connectivity index (χ2v) is 8.40. The van der Waals surface area contributed by atoms with Gasteiger partial charge in [0, 0.05) is 24.6 Å². The van der Waals surface area contributed by atoms with Gasteiger partial charge in [0.05, 0.1) is 40.7 Å². The van der Waals surface area contributed by atoms with Crippen LogP contribution in [0.15, 0.2) is 72.8 Å². The van der Waals surface area contributed by atoms with Crippen molar-refractivity contribution in [1.82, 2.24) is 9.88 Å². The number of anilines is 1. The molecule has 0 bridgehead atoms. The summed E-state index contributed by atoms with van der Waals surface area (Å²) in [6, 6.07) is 20.1. The summed E-state index contributed by atoms with van der Waals surface area (Å²) in [5.74, 6) is -1.09. The number of methoxy groups -OCH3 is 1. The number of ether oxygens (including phenoxy) is 1. The summed E-state index contributed by atoms with van der Waals surface area (Å²) in [5, 5.41) is 4.00. The van der Waals surface area contributed by atoms with Crippen LogP contribution in [0.2, 0.25) is 0 Å². The molecule has 1 atom stereocenters. The number of hydrogen-bond acceptors (Lipinski definition) is 5. The SMILES string of the molecule is COCCNc1c(-c2ccccc2)c(C(C)N2C(=O)c3ccccc3C2=O)nc2ccc(F)cc12. The van der Waals surface area contributed by atoms with Gasteiger partial charge in [0.1, 0.15) is 5.82 Å². The number of fused-ring (bicyclic) bond motifs is 2. The molecule has 176 valence electrons. The van der Waals surface area contributed by atoms with Crippen LogP contribution in [0.3, 0.4) is 0 Å². The Bertz CT molecular complexity index is 1400. The number of nitrogens with zero attached hydrogens (tertiary/aromatic N) is 2. The Morgan fingerprint density at radius 3 is 2.29 bits per heavy atom. The van der Waals surface area contributed by atoms with E-state index in [0.29, 0.717) is 52.1 Å². The van der Waals surface area contributed by atoms with Crippen molar-refractivity contribution in [2.75, 3.05) is 25.6 Å². The molecule has 0 spiro atoms. The van der Waals surface area contributed by atoms with Crippen LogP contribution < -0.4 is 5.32 Å². The van der Waals surface area contributed by atoms with Crippen LogP contribution in [0.5, 0.6) is 0 Å². The van der Waals surface area contributed by atoms with Crippen molar-refractivity contribution in [3.8, 4) is 11.1 Å². The van der Waals surface area contributed by atoms with Crippen LogP contribution in [0, 0.1) is 5.82 Å². The number of rotatable bonds is 7. The Morgan fingerprint density at radius 2 is 1.63 bits per heavy atom. The number of aromatic nitrogens is 1. The van der Waals surface area contributed by atoms with E-state index in [1.165, 1.54) is 17.0 Å². The Morgan fingerprint density at radius 1 is 0.971 bits per heavy atom. The zero-order valence-electron chi connectivity index (χ0n) is 19.4. The number of carbonyl (C=O) groups excluding carboxylic acids is 2. The van der Waals surface area contributed by atoms with Gasteiger partial charge in [-0.25, -0.2) is 9.37 Å². The van der Waals surface area contributed by atoms with E-state index in [1.807, 2.05) is 30.3 Å². The summed E-state index contributed by atoms with van der Waals surface area (Å²) in [7, 11) is 1.61. The zero-order chi connectivity index (χ0) is 24.5. The average molecular weight is 470 g/mol. The third-order valence-electron chi connectivity index (χ3n) is 6.25. The fourth-order valence-corrected chi connectivity index (χ4v) is 4.60.